The molecule has 1 N–H and O–H groups in total. The zero-order chi connectivity index (χ0) is 16.2. The van der Waals surface area contributed by atoms with E-state index in [1.165, 1.54) is 11.3 Å². The number of fused-ring (bicyclic) bond motifs is 1. The third-order valence-corrected chi connectivity index (χ3v) is 6.30. The molecule has 0 amide bonds. The molecule has 3 aromatic rings. The predicted molar refractivity (Wildman–Crippen MR) is 104 cm³/mol. The summed E-state index contributed by atoms with van der Waals surface area (Å²) in [6.45, 7) is 2.87. The van der Waals surface area contributed by atoms with E-state index in [0.29, 0.717) is 16.6 Å². The van der Waals surface area contributed by atoms with Crippen molar-refractivity contribution in [3.05, 3.63) is 51.5 Å². The van der Waals surface area contributed by atoms with E-state index in [4.69, 9.17) is 23.2 Å². The van der Waals surface area contributed by atoms with Crippen molar-refractivity contribution >= 4 is 62.2 Å². The first-order chi connectivity index (χ1) is 11.2. The lowest BCUT2D eigenvalue weighted by atomic mass is 10.3. The zero-order valence-corrected chi connectivity index (χ0v) is 15.7. The van der Waals surface area contributed by atoms with Gasteiger partial charge in [0.1, 0.15) is 10.5 Å². The Hall–Kier alpha value is -0.940. The van der Waals surface area contributed by atoms with Gasteiger partial charge in [-0.1, -0.05) is 30.1 Å². The molecule has 0 radical (unpaired) electrons. The third kappa shape index (κ3) is 4.13. The van der Waals surface area contributed by atoms with Gasteiger partial charge >= 0.3 is 0 Å². The number of anilines is 1. The lowest BCUT2D eigenvalue weighted by molar-refractivity contribution is 1.10. The molecule has 0 saturated carbocycles. The van der Waals surface area contributed by atoms with Crippen molar-refractivity contribution in [1.82, 2.24) is 4.98 Å². The molecule has 0 atom stereocenters. The summed E-state index contributed by atoms with van der Waals surface area (Å²) in [5.74, 6) is 1.15. The highest BCUT2D eigenvalue weighted by Crippen LogP contribution is 2.33. The molecular weight excluding hydrogens is 367 g/mol. The maximum absolute atomic E-state index is 6.21. The Balaban J connectivity index is 1.67. The number of nitrogens with zero attached hydrogens (tertiary/aromatic N) is 1. The van der Waals surface area contributed by atoms with Gasteiger partial charge in [-0.15, -0.1) is 23.1 Å². The van der Waals surface area contributed by atoms with Crippen LogP contribution in [0.5, 0.6) is 0 Å². The highest BCUT2D eigenvalue weighted by Gasteiger charge is 2.10. The molecule has 0 fully saturated rings. The van der Waals surface area contributed by atoms with Crippen LogP contribution in [0.4, 0.5) is 5.69 Å². The normalized spacial score (nSPS) is 11.1. The fraction of sp³-hybridized carbons (Fsp3) is 0.235. The molecule has 2 aromatic carbocycles. The number of rotatable bonds is 6. The molecule has 0 bridgehead atoms. The first kappa shape index (κ1) is 16.9. The van der Waals surface area contributed by atoms with Crippen molar-refractivity contribution in [3.63, 3.8) is 0 Å². The molecule has 3 rings (SSSR count). The molecule has 0 spiro atoms. The first-order valence-electron chi connectivity index (χ1n) is 7.37. The van der Waals surface area contributed by atoms with Gasteiger partial charge < -0.3 is 5.32 Å². The molecule has 0 unspecified atom stereocenters. The van der Waals surface area contributed by atoms with Crippen LogP contribution < -0.4 is 5.32 Å². The Labute approximate surface area is 154 Å². The number of hydrogen-bond acceptors (Lipinski definition) is 4. The Morgan fingerprint density at radius 2 is 1.91 bits per heavy atom. The molecular formula is C17H16Cl2N2S2. The SMILES string of the molecule is CCCSc1ccc(NCc2nc3c(Cl)c(Cl)ccc3s2)cc1. The van der Waals surface area contributed by atoms with Crippen molar-refractivity contribution in [2.75, 3.05) is 11.1 Å². The first-order valence-corrected chi connectivity index (χ1v) is 9.93. The largest absolute Gasteiger partial charge is 0.379 e. The number of thiazole rings is 1. The Bertz CT molecular complexity index is 800. The average molecular weight is 383 g/mol. The minimum absolute atomic E-state index is 0.531. The zero-order valence-electron chi connectivity index (χ0n) is 12.6. The van der Waals surface area contributed by atoms with Gasteiger partial charge in [0.25, 0.3) is 0 Å². The van der Waals surface area contributed by atoms with Gasteiger partial charge in [0.2, 0.25) is 0 Å². The van der Waals surface area contributed by atoms with Crippen LogP contribution in [0.15, 0.2) is 41.3 Å². The van der Waals surface area contributed by atoms with Crippen LogP contribution in [0.3, 0.4) is 0 Å². The maximum atomic E-state index is 6.21. The Kier molecular flexibility index (Phi) is 5.70. The van der Waals surface area contributed by atoms with E-state index in [1.54, 1.807) is 11.3 Å². The number of halogens is 2. The monoisotopic (exact) mass is 382 g/mol. The Morgan fingerprint density at radius 3 is 2.65 bits per heavy atom. The van der Waals surface area contributed by atoms with Crippen molar-refractivity contribution in [2.24, 2.45) is 0 Å². The second-order valence-electron chi connectivity index (χ2n) is 5.04. The third-order valence-electron chi connectivity index (χ3n) is 3.27. The molecule has 6 heteroatoms. The smallest absolute Gasteiger partial charge is 0.113 e. The summed E-state index contributed by atoms with van der Waals surface area (Å²) in [5.41, 5.74) is 1.88. The van der Waals surface area contributed by atoms with Gasteiger partial charge in [-0.3, -0.25) is 0 Å². The van der Waals surface area contributed by atoms with Crippen LogP contribution >= 0.6 is 46.3 Å². The summed E-state index contributed by atoms with van der Waals surface area (Å²) in [6.07, 6.45) is 1.19. The number of thioether (sulfide) groups is 1. The molecule has 0 aliphatic heterocycles. The molecule has 0 saturated heterocycles. The lowest BCUT2D eigenvalue weighted by Crippen LogP contribution is -1.98. The van der Waals surface area contributed by atoms with E-state index in [-0.39, 0.29) is 0 Å². The summed E-state index contributed by atoms with van der Waals surface area (Å²) in [6, 6.07) is 12.3. The topological polar surface area (TPSA) is 24.9 Å². The van der Waals surface area contributed by atoms with E-state index in [2.05, 4.69) is 41.5 Å². The summed E-state index contributed by atoms with van der Waals surface area (Å²) < 4.78 is 1.06. The summed E-state index contributed by atoms with van der Waals surface area (Å²) in [7, 11) is 0. The molecule has 1 heterocycles. The lowest BCUT2D eigenvalue weighted by Gasteiger charge is -2.05. The molecule has 120 valence electrons. The van der Waals surface area contributed by atoms with Crippen LogP contribution in [0, 0.1) is 0 Å². The summed E-state index contributed by atoms with van der Waals surface area (Å²) in [4.78, 5) is 5.89. The molecule has 0 aliphatic rings. The van der Waals surface area contributed by atoms with Crippen molar-refractivity contribution < 1.29 is 0 Å². The van der Waals surface area contributed by atoms with Gasteiger partial charge in [-0.05, 0) is 48.6 Å². The van der Waals surface area contributed by atoms with Crippen molar-refractivity contribution in [1.29, 1.82) is 0 Å². The van der Waals surface area contributed by atoms with Crippen LogP contribution in [0.25, 0.3) is 10.2 Å². The minimum atomic E-state index is 0.531. The molecule has 2 nitrogen and oxygen atoms in total. The number of aromatic nitrogens is 1. The fourth-order valence-electron chi connectivity index (χ4n) is 2.13. The van der Waals surface area contributed by atoms with Crippen molar-refractivity contribution in [2.45, 2.75) is 24.8 Å². The predicted octanol–water partition coefficient (Wildman–Crippen LogP) is 6.72. The van der Waals surface area contributed by atoms with Gasteiger partial charge in [0.15, 0.2) is 0 Å². The van der Waals surface area contributed by atoms with E-state index >= 15 is 0 Å². The van der Waals surface area contributed by atoms with Gasteiger partial charge in [-0.25, -0.2) is 4.98 Å². The van der Waals surface area contributed by atoms with E-state index in [0.717, 1.165) is 26.7 Å². The molecule has 1 aromatic heterocycles. The highest BCUT2D eigenvalue weighted by molar-refractivity contribution is 7.99. The number of nitrogens with one attached hydrogen (secondary N) is 1. The van der Waals surface area contributed by atoms with E-state index in [9.17, 15) is 0 Å². The van der Waals surface area contributed by atoms with Crippen molar-refractivity contribution in [3.8, 4) is 0 Å². The molecule has 0 aliphatic carbocycles. The van der Waals surface area contributed by atoms with E-state index < -0.39 is 0 Å². The van der Waals surface area contributed by atoms with Gasteiger partial charge in [0.05, 0.1) is 21.3 Å². The second kappa shape index (κ2) is 7.75. The number of hydrogen-bond donors (Lipinski definition) is 1. The maximum Gasteiger partial charge on any atom is 0.113 e. The van der Waals surface area contributed by atoms with Crippen LogP contribution in [0.2, 0.25) is 10.0 Å². The van der Waals surface area contributed by atoms with Gasteiger partial charge in [0, 0.05) is 10.6 Å². The summed E-state index contributed by atoms with van der Waals surface area (Å²) >= 11 is 15.8. The van der Waals surface area contributed by atoms with Crippen LogP contribution in [-0.2, 0) is 6.54 Å². The highest BCUT2D eigenvalue weighted by atomic mass is 35.5. The molecule has 23 heavy (non-hydrogen) atoms. The van der Waals surface area contributed by atoms with Crippen LogP contribution in [0.1, 0.15) is 18.4 Å². The van der Waals surface area contributed by atoms with Crippen LogP contribution in [-0.4, -0.2) is 10.7 Å². The minimum Gasteiger partial charge on any atom is -0.379 e. The number of benzene rings is 2. The quantitative estimate of drug-likeness (QED) is 0.479. The van der Waals surface area contributed by atoms with E-state index in [1.807, 2.05) is 23.9 Å². The van der Waals surface area contributed by atoms with Gasteiger partial charge in [-0.2, -0.15) is 0 Å². The Morgan fingerprint density at radius 1 is 1.13 bits per heavy atom. The average Bonchev–Trinajstić information content (AvgIpc) is 2.99. The second-order valence-corrected chi connectivity index (χ2v) is 8.11. The summed E-state index contributed by atoms with van der Waals surface area (Å²) in [5, 5.41) is 5.47. The fourth-order valence-corrected chi connectivity index (χ4v) is 4.22. The standard InChI is InChI=1S/C17H16Cl2N2S2/c1-2-9-22-12-5-3-11(4-6-12)20-10-15-21-17-14(23-15)8-7-13(18)16(17)19/h3-8,20H,2,9-10H2,1H3.